The van der Waals surface area contributed by atoms with E-state index in [0.717, 1.165) is 51.4 Å². The maximum atomic E-state index is 5.73. The molecule has 1 atom stereocenters. The van der Waals surface area contributed by atoms with Gasteiger partial charge in [-0.25, -0.2) is 0 Å². The molecule has 0 radical (unpaired) electrons. The zero-order chi connectivity index (χ0) is 15.5. The molecule has 2 rings (SSSR count). The van der Waals surface area contributed by atoms with Gasteiger partial charge in [0.05, 0.1) is 22.5 Å². The van der Waals surface area contributed by atoms with Crippen molar-refractivity contribution in [3.63, 3.8) is 0 Å². The van der Waals surface area contributed by atoms with Gasteiger partial charge in [0.1, 0.15) is 0 Å². The van der Waals surface area contributed by atoms with E-state index in [-0.39, 0.29) is 5.41 Å². The largest absolute Gasteiger partial charge is 0.381 e. The molecule has 1 aliphatic rings. The van der Waals surface area contributed by atoms with E-state index in [9.17, 15) is 0 Å². The van der Waals surface area contributed by atoms with Crippen molar-refractivity contribution >= 4 is 15.9 Å². The first-order valence-electron chi connectivity index (χ1n) is 7.97. The summed E-state index contributed by atoms with van der Waals surface area (Å²) in [5.41, 5.74) is 2.60. The minimum absolute atomic E-state index is 0.205. The number of rotatable bonds is 7. The van der Waals surface area contributed by atoms with Crippen LogP contribution in [0.2, 0.25) is 0 Å². The van der Waals surface area contributed by atoms with Gasteiger partial charge in [-0.3, -0.25) is 4.68 Å². The lowest BCUT2D eigenvalue weighted by molar-refractivity contribution is 0.147. The highest BCUT2D eigenvalue weighted by Gasteiger charge is 2.36. The predicted molar refractivity (Wildman–Crippen MR) is 89.6 cm³/mol. The summed E-state index contributed by atoms with van der Waals surface area (Å²) in [7, 11) is 0. The van der Waals surface area contributed by atoms with Crippen LogP contribution in [0.1, 0.15) is 38.6 Å². The van der Waals surface area contributed by atoms with Gasteiger partial charge in [-0.1, -0.05) is 13.8 Å². The summed E-state index contributed by atoms with van der Waals surface area (Å²) in [6.07, 6.45) is 2.14. The third kappa shape index (κ3) is 4.08. The van der Waals surface area contributed by atoms with Crippen molar-refractivity contribution in [3.05, 3.63) is 15.9 Å². The van der Waals surface area contributed by atoms with Crippen LogP contribution in [0.4, 0.5) is 0 Å². The molecule has 2 heterocycles. The number of hydrogen-bond donors (Lipinski definition) is 1. The molecule has 120 valence electrons. The van der Waals surface area contributed by atoms with Crippen molar-refractivity contribution in [1.29, 1.82) is 0 Å². The summed E-state index contributed by atoms with van der Waals surface area (Å²) in [6, 6.07) is 0. The molecule has 0 saturated carbocycles. The lowest BCUT2D eigenvalue weighted by Crippen LogP contribution is -2.38. The summed E-state index contributed by atoms with van der Waals surface area (Å²) in [5.74, 6) is 0.680. The second-order valence-electron chi connectivity index (χ2n) is 6.67. The Morgan fingerprint density at radius 1 is 1.48 bits per heavy atom. The van der Waals surface area contributed by atoms with Crippen molar-refractivity contribution in [1.82, 2.24) is 15.1 Å². The Balaban J connectivity index is 2.12. The van der Waals surface area contributed by atoms with Crippen molar-refractivity contribution in [3.8, 4) is 0 Å². The summed E-state index contributed by atoms with van der Waals surface area (Å²) < 4.78 is 9.02. The Morgan fingerprint density at radius 3 is 2.81 bits per heavy atom. The van der Waals surface area contributed by atoms with Crippen molar-refractivity contribution < 1.29 is 4.74 Å². The van der Waals surface area contributed by atoms with E-state index in [1.165, 1.54) is 10.2 Å². The van der Waals surface area contributed by atoms with Gasteiger partial charge in [0, 0.05) is 25.1 Å². The molecule has 1 saturated heterocycles. The van der Waals surface area contributed by atoms with Crippen LogP contribution >= 0.6 is 15.9 Å². The molecule has 1 N–H and O–H groups in total. The molecule has 1 aliphatic heterocycles. The monoisotopic (exact) mass is 357 g/mol. The quantitative estimate of drug-likeness (QED) is 0.814. The predicted octanol–water partition coefficient (Wildman–Crippen LogP) is 3.17. The van der Waals surface area contributed by atoms with Gasteiger partial charge < -0.3 is 10.1 Å². The minimum atomic E-state index is 0.205. The Morgan fingerprint density at radius 2 is 2.24 bits per heavy atom. The van der Waals surface area contributed by atoms with Crippen LogP contribution in [0.25, 0.3) is 0 Å². The van der Waals surface area contributed by atoms with Crippen molar-refractivity contribution in [2.24, 2.45) is 11.3 Å². The number of aryl methyl sites for hydroxylation is 2. The molecular formula is C16H28BrN3O. The van der Waals surface area contributed by atoms with E-state index in [0.29, 0.717) is 5.92 Å². The van der Waals surface area contributed by atoms with Crippen LogP contribution < -0.4 is 5.32 Å². The SMILES string of the molecule is CCn1nc(C)c(Br)c1CC1(CNCC(C)C)CCOC1. The summed E-state index contributed by atoms with van der Waals surface area (Å²) in [4.78, 5) is 0. The lowest BCUT2D eigenvalue weighted by Gasteiger charge is -2.28. The smallest absolute Gasteiger partial charge is 0.0738 e. The number of nitrogens with one attached hydrogen (secondary N) is 1. The number of aromatic nitrogens is 2. The molecule has 21 heavy (non-hydrogen) atoms. The molecule has 1 fully saturated rings. The number of ether oxygens (including phenoxy) is 1. The fraction of sp³-hybridized carbons (Fsp3) is 0.812. The number of nitrogens with zero attached hydrogens (tertiary/aromatic N) is 2. The van der Waals surface area contributed by atoms with E-state index in [2.05, 4.69) is 58.7 Å². The van der Waals surface area contributed by atoms with Crippen LogP contribution in [0.3, 0.4) is 0 Å². The maximum absolute atomic E-state index is 5.73. The first kappa shape index (κ1) is 17.0. The molecule has 1 aromatic rings. The van der Waals surface area contributed by atoms with E-state index < -0.39 is 0 Å². The molecule has 4 nitrogen and oxygen atoms in total. The van der Waals surface area contributed by atoms with Crippen molar-refractivity contribution in [2.75, 3.05) is 26.3 Å². The minimum Gasteiger partial charge on any atom is -0.381 e. The van der Waals surface area contributed by atoms with E-state index in [1.54, 1.807) is 0 Å². The second kappa shape index (κ2) is 7.25. The summed E-state index contributed by atoms with van der Waals surface area (Å²) >= 11 is 3.72. The highest BCUT2D eigenvalue weighted by atomic mass is 79.9. The third-order valence-electron chi connectivity index (χ3n) is 4.23. The van der Waals surface area contributed by atoms with Crippen molar-refractivity contribution in [2.45, 2.75) is 47.1 Å². The number of hydrogen-bond acceptors (Lipinski definition) is 3. The van der Waals surface area contributed by atoms with Crippen LogP contribution in [-0.2, 0) is 17.7 Å². The van der Waals surface area contributed by atoms with Gasteiger partial charge in [0.15, 0.2) is 0 Å². The second-order valence-corrected chi connectivity index (χ2v) is 7.46. The van der Waals surface area contributed by atoms with E-state index >= 15 is 0 Å². The first-order chi connectivity index (χ1) is 9.97. The Kier molecular flexibility index (Phi) is 5.86. The molecule has 0 aliphatic carbocycles. The van der Waals surface area contributed by atoms with Crippen LogP contribution in [0.5, 0.6) is 0 Å². The van der Waals surface area contributed by atoms with Crippen LogP contribution in [-0.4, -0.2) is 36.1 Å². The standard InChI is InChI=1S/C16H28BrN3O/c1-5-20-14(15(17)13(4)19-20)8-16(6-7-21-11-16)10-18-9-12(2)3/h12,18H,5-11H2,1-4H3. The molecule has 1 aromatic heterocycles. The van der Waals surface area contributed by atoms with Gasteiger partial charge in [0.2, 0.25) is 0 Å². The normalized spacial score (nSPS) is 22.4. The molecule has 0 spiro atoms. The average molecular weight is 358 g/mol. The average Bonchev–Trinajstić information content (AvgIpc) is 2.99. The molecule has 1 unspecified atom stereocenters. The molecule has 5 heteroatoms. The summed E-state index contributed by atoms with van der Waals surface area (Å²) in [6.45, 7) is 13.4. The zero-order valence-corrected chi connectivity index (χ0v) is 15.3. The van der Waals surface area contributed by atoms with E-state index in [1.807, 2.05) is 0 Å². The Bertz CT molecular complexity index is 464. The van der Waals surface area contributed by atoms with Crippen LogP contribution in [0.15, 0.2) is 4.47 Å². The molecular weight excluding hydrogens is 330 g/mol. The first-order valence-corrected chi connectivity index (χ1v) is 8.77. The Labute approximate surface area is 136 Å². The molecule has 0 bridgehead atoms. The lowest BCUT2D eigenvalue weighted by atomic mass is 9.82. The fourth-order valence-electron chi connectivity index (χ4n) is 3.01. The van der Waals surface area contributed by atoms with Gasteiger partial charge >= 0.3 is 0 Å². The number of halogens is 1. The highest BCUT2D eigenvalue weighted by Crippen LogP contribution is 2.35. The van der Waals surface area contributed by atoms with Gasteiger partial charge in [0.25, 0.3) is 0 Å². The Hall–Kier alpha value is -0.390. The maximum Gasteiger partial charge on any atom is 0.0738 e. The molecule has 0 amide bonds. The highest BCUT2D eigenvalue weighted by molar-refractivity contribution is 9.10. The zero-order valence-electron chi connectivity index (χ0n) is 13.7. The van der Waals surface area contributed by atoms with Gasteiger partial charge in [-0.2, -0.15) is 5.10 Å². The van der Waals surface area contributed by atoms with Gasteiger partial charge in [-0.05, 0) is 55.1 Å². The fourth-order valence-corrected chi connectivity index (χ4v) is 3.43. The van der Waals surface area contributed by atoms with Crippen LogP contribution in [0, 0.1) is 18.3 Å². The summed E-state index contributed by atoms with van der Waals surface area (Å²) in [5, 5.41) is 8.25. The topological polar surface area (TPSA) is 39.1 Å². The third-order valence-corrected chi connectivity index (χ3v) is 5.26. The van der Waals surface area contributed by atoms with E-state index in [4.69, 9.17) is 4.74 Å². The van der Waals surface area contributed by atoms with Gasteiger partial charge in [-0.15, -0.1) is 0 Å². The molecule has 0 aromatic carbocycles.